The third-order valence-electron chi connectivity index (χ3n) is 3.58. The van der Waals surface area contributed by atoms with Crippen molar-refractivity contribution in [1.82, 2.24) is 5.32 Å². The first-order valence-electron chi connectivity index (χ1n) is 7.34. The molecule has 0 aliphatic carbocycles. The molecule has 0 radical (unpaired) electrons. The maximum absolute atomic E-state index is 3.42. The fourth-order valence-electron chi connectivity index (χ4n) is 2.33. The molecule has 1 rings (SSSR count). The highest BCUT2D eigenvalue weighted by Gasteiger charge is 2.10. The molecule has 0 bridgehead atoms. The smallest absolute Gasteiger partial charge is 0.00462 e. The van der Waals surface area contributed by atoms with Crippen molar-refractivity contribution in [3.05, 3.63) is 23.8 Å². The Morgan fingerprint density at radius 2 is 1.94 bits per heavy atom. The number of unbranched alkanes of at least 4 members (excludes halogenated alkanes) is 1. The Bertz CT molecular complexity index is 234. The summed E-state index contributed by atoms with van der Waals surface area (Å²) in [4.78, 5) is 0. The number of nitrogens with one attached hydrogen (secondary N) is 1. The molecule has 1 aliphatic heterocycles. The molecule has 1 N–H and O–H groups in total. The minimum Gasteiger partial charge on any atom is -0.317 e. The SMILES string of the molecule is CCCC=C(C)CCC=CCC1CCNCC1. The van der Waals surface area contributed by atoms with Crippen LogP contribution in [0.4, 0.5) is 0 Å². The zero-order valence-electron chi connectivity index (χ0n) is 11.7. The van der Waals surface area contributed by atoms with Crippen molar-refractivity contribution in [2.75, 3.05) is 13.1 Å². The standard InChI is InChI=1S/C16H29N/c1-3-4-8-15(2)9-6-5-7-10-16-11-13-17-14-12-16/h5,7-8,16-17H,3-4,6,9-14H2,1-2H3. The summed E-state index contributed by atoms with van der Waals surface area (Å²) in [7, 11) is 0. The number of hydrogen-bond acceptors (Lipinski definition) is 1. The first-order valence-corrected chi connectivity index (χ1v) is 7.34. The summed E-state index contributed by atoms with van der Waals surface area (Å²) in [5.74, 6) is 0.934. The van der Waals surface area contributed by atoms with Gasteiger partial charge in [0.25, 0.3) is 0 Å². The lowest BCUT2D eigenvalue weighted by Crippen LogP contribution is -2.27. The molecule has 0 spiro atoms. The van der Waals surface area contributed by atoms with E-state index in [-0.39, 0.29) is 0 Å². The maximum Gasteiger partial charge on any atom is -0.00462 e. The van der Waals surface area contributed by atoms with Crippen LogP contribution in [0.3, 0.4) is 0 Å². The molecular formula is C16H29N. The van der Waals surface area contributed by atoms with E-state index in [1.54, 1.807) is 5.57 Å². The molecule has 98 valence electrons. The van der Waals surface area contributed by atoms with E-state index in [0.29, 0.717) is 0 Å². The average molecular weight is 235 g/mol. The van der Waals surface area contributed by atoms with Crippen molar-refractivity contribution < 1.29 is 0 Å². The molecule has 17 heavy (non-hydrogen) atoms. The molecule has 0 atom stereocenters. The zero-order valence-corrected chi connectivity index (χ0v) is 11.7. The lowest BCUT2D eigenvalue weighted by Gasteiger charge is -2.20. The molecule has 1 heteroatoms. The summed E-state index contributed by atoms with van der Waals surface area (Å²) in [5, 5.41) is 3.42. The van der Waals surface area contributed by atoms with Gasteiger partial charge < -0.3 is 5.32 Å². The van der Waals surface area contributed by atoms with Crippen LogP contribution >= 0.6 is 0 Å². The Morgan fingerprint density at radius 1 is 1.18 bits per heavy atom. The molecule has 0 aromatic rings. The Kier molecular flexibility index (Phi) is 8.08. The molecule has 1 aliphatic rings. The fraction of sp³-hybridized carbons (Fsp3) is 0.750. The van der Waals surface area contributed by atoms with Crippen LogP contribution in [0, 0.1) is 5.92 Å². The summed E-state index contributed by atoms with van der Waals surface area (Å²) in [6.45, 7) is 6.94. The van der Waals surface area contributed by atoms with E-state index >= 15 is 0 Å². The minimum atomic E-state index is 0.934. The van der Waals surface area contributed by atoms with Crippen molar-refractivity contribution in [2.45, 2.75) is 58.8 Å². The second-order valence-electron chi connectivity index (χ2n) is 5.28. The van der Waals surface area contributed by atoms with Gasteiger partial charge in [-0.3, -0.25) is 0 Å². The van der Waals surface area contributed by atoms with E-state index in [9.17, 15) is 0 Å². The van der Waals surface area contributed by atoms with Gasteiger partial charge in [0.1, 0.15) is 0 Å². The van der Waals surface area contributed by atoms with E-state index in [0.717, 1.165) is 5.92 Å². The van der Waals surface area contributed by atoms with Crippen molar-refractivity contribution in [1.29, 1.82) is 0 Å². The van der Waals surface area contributed by atoms with E-state index < -0.39 is 0 Å². The van der Waals surface area contributed by atoms with Gasteiger partial charge in [0, 0.05) is 0 Å². The number of piperidine rings is 1. The van der Waals surface area contributed by atoms with Crippen LogP contribution < -0.4 is 5.32 Å². The normalized spacial score (nSPS) is 19.1. The van der Waals surface area contributed by atoms with Gasteiger partial charge in [-0.2, -0.15) is 0 Å². The molecule has 1 fully saturated rings. The summed E-state index contributed by atoms with van der Waals surface area (Å²) < 4.78 is 0. The first kappa shape index (κ1) is 14.5. The van der Waals surface area contributed by atoms with Gasteiger partial charge in [-0.25, -0.2) is 0 Å². The van der Waals surface area contributed by atoms with Gasteiger partial charge >= 0.3 is 0 Å². The Hall–Kier alpha value is -0.560. The van der Waals surface area contributed by atoms with Crippen molar-refractivity contribution in [3.8, 4) is 0 Å². The molecule has 1 heterocycles. The third kappa shape index (κ3) is 7.38. The largest absolute Gasteiger partial charge is 0.317 e. The lowest BCUT2D eigenvalue weighted by molar-refractivity contribution is 0.377. The zero-order chi connectivity index (χ0) is 12.3. The van der Waals surface area contributed by atoms with E-state index in [1.165, 1.54) is 58.0 Å². The van der Waals surface area contributed by atoms with Crippen LogP contribution in [-0.4, -0.2) is 13.1 Å². The molecule has 1 nitrogen and oxygen atoms in total. The van der Waals surface area contributed by atoms with Gasteiger partial charge in [0.05, 0.1) is 0 Å². The second kappa shape index (κ2) is 9.47. The number of hydrogen-bond donors (Lipinski definition) is 1. The maximum atomic E-state index is 3.42. The van der Waals surface area contributed by atoms with Gasteiger partial charge in [-0.1, -0.05) is 37.1 Å². The summed E-state index contributed by atoms with van der Waals surface area (Å²) in [6, 6.07) is 0. The number of rotatable bonds is 7. The lowest BCUT2D eigenvalue weighted by atomic mass is 9.94. The third-order valence-corrected chi connectivity index (χ3v) is 3.58. The molecule has 0 aromatic carbocycles. The predicted octanol–water partition coefficient (Wildman–Crippen LogP) is 4.46. The highest BCUT2D eigenvalue weighted by atomic mass is 14.9. The number of allylic oxidation sites excluding steroid dienone is 4. The minimum absolute atomic E-state index is 0.934. The van der Waals surface area contributed by atoms with Crippen LogP contribution in [0.5, 0.6) is 0 Å². The van der Waals surface area contributed by atoms with Crippen LogP contribution in [0.2, 0.25) is 0 Å². The van der Waals surface area contributed by atoms with E-state index in [2.05, 4.69) is 37.4 Å². The van der Waals surface area contributed by atoms with Crippen LogP contribution in [0.25, 0.3) is 0 Å². The highest BCUT2D eigenvalue weighted by Crippen LogP contribution is 2.16. The van der Waals surface area contributed by atoms with Crippen LogP contribution in [0.15, 0.2) is 23.8 Å². The Labute approximate surface area is 107 Å². The quantitative estimate of drug-likeness (QED) is 0.642. The summed E-state index contributed by atoms with van der Waals surface area (Å²) in [6.07, 6.45) is 16.2. The molecule has 0 amide bonds. The first-order chi connectivity index (χ1) is 8.33. The van der Waals surface area contributed by atoms with Crippen LogP contribution in [-0.2, 0) is 0 Å². The van der Waals surface area contributed by atoms with Gasteiger partial charge in [0.15, 0.2) is 0 Å². The van der Waals surface area contributed by atoms with Crippen LogP contribution in [0.1, 0.15) is 58.8 Å². The van der Waals surface area contributed by atoms with Crippen molar-refractivity contribution in [3.63, 3.8) is 0 Å². The van der Waals surface area contributed by atoms with E-state index in [4.69, 9.17) is 0 Å². The monoisotopic (exact) mass is 235 g/mol. The fourth-order valence-corrected chi connectivity index (χ4v) is 2.33. The summed E-state index contributed by atoms with van der Waals surface area (Å²) in [5.41, 5.74) is 1.55. The van der Waals surface area contributed by atoms with Gasteiger partial charge in [0.2, 0.25) is 0 Å². The topological polar surface area (TPSA) is 12.0 Å². The Balaban J connectivity index is 2.05. The molecule has 0 saturated carbocycles. The van der Waals surface area contributed by atoms with E-state index in [1.807, 2.05) is 0 Å². The molecule has 0 aromatic heterocycles. The summed E-state index contributed by atoms with van der Waals surface area (Å²) >= 11 is 0. The highest BCUT2D eigenvalue weighted by molar-refractivity contribution is 5.00. The van der Waals surface area contributed by atoms with Gasteiger partial charge in [-0.05, 0) is 64.5 Å². The average Bonchev–Trinajstić information content (AvgIpc) is 2.37. The van der Waals surface area contributed by atoms with Crippen molar-refractivity contribution >= 4 is 0 Å². The second-order valence-corrected chi connectivity index (χ2v) is 5.28. The van der Waals surface area contributed by atoms with Crippen molar-refractivity contribution in [2.24, 2.45) is 5.92 Å². The molecular weight excluding hydrogens is 206 g/mol. The molecule has 1 saturated heterocycles. The predicted molar refractivity (Wildman–Crippen MR) is 77.2 cm³/mol. The Morgan fingerprint density at radius 3 is 2.65 bits per heavy atom. The molecule has 0 unspecified atom stereocenters. The van der Waals surface area contributed by atoms with Gasteiger partial charge in [-0.15, -0.1) is 0 Å².